The smallest absolute Gasteiger partial charge is 0.274 e. The van der Waals surface area contributed by atoms with Crippen molar-refractivity contribution < 1.29 is 18.7 Å². The summed E-state index contributed by atoms with van der Waals surface area (Å²) < 4.78 is 26.3. The van der Waals surface area contributed by atoms with E-state index >= 15 is 0 Å². The number of halogens is 3. The third-order valence-corrected chi connectivity index (χ3v) is 5.66. The molecule has 0 aliphatic heterocycles. The molecule has 0 bridgehead atoms. The summed E-state index contributed by atoms with van der Waals surface area (Å²) in [5.74, 6) is -0.907. The zero-order valence-electron chi connectivity index (χ0n) is 16.4. The lowest BCUT2D eigenvalue weighted by atomic mass is 9.95. The SMILES string of the molecule is C[C@](CCCO)(Cc1cc(NC(=O)c2ccc(Cl)cn2)ccc1F)S/C(N)=N\CF. The van der Waals surface area contributed by atoms with E-state index in [1.165, 1.54) is 30.5 Å². The maximum absolute atomic E-state index is 14.5. The number of thioether (sulfide) groups is 1. The molecule has 1 aromatic carbocycles. The molecule has 6 nitrogen and oxygen atoms in total. The van der Waals surface area contributed by atoms with Gasteiger partial charge in [-0.05, 0) is 62.1 Å². The van der Waals surface area contributed by atoms with Gasteiger partial charge in [0.2, 0.25) is 0 Å². The lowest BCUT2D eigenvalue weighted by Gasteiger charge is -2.29. The van der Waals surface area contributed by atoms with E-state index in [2.05, 4.69) is 15.3 Å². The number of rotatable bonds is 9. The predicted molar refractivity (Wildman–Crippen MR) is 117 cm³/mol. The molecule has 0 aliphatic carbocycles. The van der Waals surface area contributed by atoms with E-state index < -0.39 is 23.3 Å². The summed E-state index contributed by atoms with van der Waals surface area (Å²) in [6.07, 6.45) is 2.56. The summed E-state index contributed by atoms with van der Waals surface area (Å²) in [5, 5.41) is 12.3. The number of aliphatic imine (C=N–C) groups is 1. The fraction of sp³-hybridized carbons (Fsp3) is 0.350. The van der Waals surface area contributed by atoms with Crippen LogP contribution in [0.15, 0.2) is 41.5 Å². The molecular weight excluding hydrogens is 434 g/mol. The number of hydrogen-bond acceptors (Lipinski definition) is 5. The molecule has 0 radical (unpaired) electrons. The molecule has 1 amide bonds. The van der Waals surface area contributed by atoms with Gasteiger partial charge < -0.3 is 16.2 Å². The van der Waals surface area contributed by atoms with E-state index in [0.717, 1.165) is 11.8 Å². The van der Waals surface area contributed by atoms with Crippen LogP contribution in [0.2, 0.25) is 5.02 Å². The molecule has 0 spiro atoms. The number of aromatic nitrogens is 1. The summed E-state index contributed by atoms with van der Waals surface area (Å²) >= 11 is 6.91. The molecular formula is C20H23ClF2N4O2S. The van der Waals surface area contributed by atoms with Crippen LogP contribution in [0, 0.1) is 5.82 Å². The first-order valence-electron chi connectivity index (χ1n) is 9.13. The Morgan fingerprint density at radius 3 is 2.80 bits per heavy atom. The van der Waals surface area contributed by atoms with Gasteiger partial charge in [0.05, 0.1) is 5.02 Å². The Morgan fingerprint density at radius 1 is 1.40 bits per heavy atom. The van der Waals surface area contributed by atoms with E-state index in [1.54, 1.807) is 6.07 Å². The first kappa shape index (κ1) is 24.0. The first-order valence-corrected chi connectivity index (χ1v) is 10.3. The summed E-state index contributed by atoms with van der Waals surface area (Å²) in [5.41, 5.74) is 6.66. The van der Waals surface area contributed by atoms with Crippen LogP contribution in [0.3, 0.4) is 0 Å². The van der Waals surface area contributed by atoms with Gasteiger partial charge >= 0.3 is 0 Å². The van der Waals surface area contributed by atoms with Crippen LogP contribution in [-0.4, -0.2) is 39.3 Å². The van der Waals surface area contributed by atoms with Crippen LogP contribution in [0.25, 0.3) is 0 Å². The number of nitrogens with one attached hydrogen (secondary N) is 1. The Kier molecular flexibility index (Phi) is 9.01. The number of nitrogens with two attached hydrogens (primary N) is 1. The van der Waals surface area contributed by atoms with Gasteiger partial charge in [0, 0.05) is 23.2 Å². The second kappa shape index (κ2) is 11.2. The molecule has 1 atom stereocenters. The van der Waals surface area contributed by atoms with Crippen LogP contribution in [0.5, 0.6) is 0 Å². The average molecular weight is 457 g/mol. The molecule has 2 rings (SSSR count). The van der Waals surface area contributed by atoms with E-state index in [-0.39, 0.29) is 23.9 Å². The number of anilines is 1. The topological polar surface area (TPSA) is 101 Å². The van der Waals surface area contributed by atoms with Crippen LogP contribution in [0.4, 0.5) is 14.5 Å². The van der Waals surface area contributed by atoms with E-state index in [9.17, 15) is 18.7 Å². The van der Waals surface area contributed by atoms with Crippen molar-refractivity contribution in [3.8, 4) is 0 Å². The minimum absolute atomic E-state index is 0.0387. The van der Waals surface area contributed by atoms with Gasteiger partial charge in [0.25, 0.3) is 5.91 Å². The molecule has 1 aromatic heterocycles. The number of carbonyl (C=O) groups is 1. The summed E-state index contributed by atoms with van der Waals surface area (Å²) in [7, 11) is 0. The third-order valence-electron chi connectivity index (χ3n) is 4.26. The molecule has 0 aliphatic rings. The Morgan fingerprint density at radius 2 is 2.17 bits per heavy atom. The highest BCUT2D eigenvalue weighted by atomic mass is 35.5. The quantitative estimate of drug-likeness (QED) is 0.298. The molecule has 1 heterocycles. The summed E-state index contributed by atoms with van der Waals surface area (Å²) in [6, 6.07) is 7.27. The Balaban J connectivity index is 2.21. The molecule has 0 unspecified atom stereocenters. The molecule has 0 saturated heterocycles. The normalized spacial score (nSPS) is 13.7. The Labute approximate surface area is 182 Å². The molecule has 2 aromatic rings. The zero-order valence-corrected chi connectivity index (χ0v) is 17.9. The van der Waals surface area contributed by atoms with Gasteiger partial charge in [-0.2, -0.15) is 0 Å². The second-order valence-electron chi connectivity index (χ2n) is 6.79. The van der Waals surface area contributed by atoms with Crippen LogP contribution in [-0.2, 0) is 6.42 Å². The van der Waals surface area contributed by atoms with Crippen molar-refractivity contribution in [3.63, 3.8) is 0 Å². The van der Waals surface area contributed by atoms with Gasteiger partial charge in [-0.25, -0.2) is 18.8 Å². The Hall–Kier alpha value is -2.23. The van der Waals surface area contributed by atoms with E-state index in [0.29, 0.717) is 29.1 Å². The van der Waals surface area contributed by atoms with Gasteiger partial charge in [0.15, 0.2) is 12.0 Å². The number of amidine groups is 1. The number of amides is 1. The van der Waals surface area contributed by atoms with Crippen molar-refractivity contribution >= 4 is 40.1 Å². The lowest BCUT2D eigenvalue weighted by molar-refractivity contribution is 0.102. The van der Waals surface area contributed by atoms with Crippen molar-refractivity contribution in [2.24, 2.45) is 10.7 Å². The summed E-state index contributed by atoms with van der Waals surface area (Å²) in [6.45, 7) is 0.864. The van der Waals surface area contributed by atoms with Gasteiger partial charge in [-0.3, -0.25) is 4.79 Å². The number of hydrogen-bond donors (Lipinski definition) is 3. The first-order chi connectivity index (χ1) is 14.3. The number of aliphatic hydroxyl groups excluding tert-OH is 1. The largest absolute Gasteiger partial charge is 0.396 e. The predicted octanol–water partition coefficient (Wildman–Crippen LogP) is 4.18. The minimum atomic E-state index is -0.941. The van der Waals surface area contributed by atoms with Gasteiger partial charge in [-0.15, -0.1) is 0 Å². The number of carbonyl (C=O) groups excluding carboxylic acids is 1. The van der Waals surface area contributed by atoms with Crippen molar-refractivity contribution in [2.75, 3.05) is 18.7 Å². The fourth-order valence-corrected chi connectivity index (χ4v) is 4.07. The van der Waals surface area contributed by atoms with Gasteiger partial charge in [-0.1, -0.05) is 23.4 Å². The molecule has 0 saturated carbocycles. The minimum Gasteiger partial charge on any atom is -0.396 e. The molecule has 30 heavy (non-hydrogen) atoms. The highest BCUT2D eigenvalue weighted by Gasteiger charge is 2.28. The highest BCUT2D eigenvalue weighted by Crippen LogP contribution is 2.35. The fourth-order valence-electron chi connectivity index (χ4n) is 2.87. The van der Waals surface area contributed by atoms with Crippen molar-refractivity contribution in [2.45, 2.75) is 30.9 Å². The maximum atomic E-state index is 14.5. The van der Waals surface area contributed by atoms with E-state index in [4.69, 9.17) is 17.3 Å². The standard InChI is InChI=1S/C20H23ClF2N4O2S/c1-20(7-2-8-28,30-19(24)26-12-22)10-13-9-15(4-5-16(13)23)27-18(29)17-6-3-14(21)11-25-17/h3-6,9,11,28H,2,7-8,10,12H2,1H3,(H2,24,26)(H,27,29)/t20-/m0/s1. The highest BCUT2D eigenvalue weighted by molar-refractivity contribution is 8.14. The van der Waals surface area contributed by atoms with Crippen molar-refractivity contribution in [1.29, 1.82) is 0 Å². The third kappa shape index (κ3) is 7.23. The zero-order chi connectivity index (χ0) is 22.1. The van der Waals surface area contributed by atoms with Crippen LogP contribution < -0.4 is 11.1 Å². The van der Waals surface area contributed by atoms with Crippen molar-refractivity contribution in [3.05, 3.63) is 58.6 Å². The molecule has 4 N–H and O–H groups in total. The summed E-state index contributed by atoms with van der Waals surface area (Å²) in [4.78, 5) is 19.8. The van der Waals surface area contributed by atoms with Crippen molar-refractivity contribution in [1.82, 2.24) is 4.98 Å². The molecule has 0 fully saturated rings. The monoisotopic (exact) mass is 456 g/mol. The van der Waals surface area contributed by atoms with E-state index in [1.807, 2.05) is 6.92 Å². The number of pyridine rings is 1. The maximum Gasteiger partial charge on any atom is 0.274 e. The molecule has 162 valence electrons. The number of aliphatic hydroxyl groups is 1. The van der Waals surface area contributed by atoms with Crippen LogP contribution in [0.1, 0.15) is 35.8 Å². The number of benzene rings is 1. The molecule has 10 heteroatoms. The van der Waals surface area contributed by atoms with Gasteiger partial charge in [0.1, 0.15) is 11.5 Å². The lowest BCUT2D eigenvalue weighted by Crippen LogP contribution is -2.29. The number of alkyl halides is 1. The van der Waals surface area contributed by atoms with Crippen LogP contribution >= 0.6 is 23.4 Å². The average Bonchev–Trinajstić information content (AvgIpc) is 2.69. The number of nitrogens with zero attached hydrogens (tertiary/aromatic N) is 2. The second-order valence-corrected chi connectivity index (χ2v) is 8.84. The Bertz CT molecular complexity index is 899.